The summed E-state index contributed by atoms with van der Waals surface area (Å²) in [7, 11) is 0. The number of hydrogen-bond acceptors (Lipinski definition) is 2. The van der Waals surface area contributed by atoms with Crippen LogP contribution < -0.4 is 0 Å². The first-order valence-electron chi connectivity index (χ1n) is 6.42. The van der Waals surface area contributed by atoms with Crippen molar-refractivity contribution in [3.8, 4) is 5.97 Å². The molecule has 0 amide bonds. The average molecular weight is 301 g/mol. The molecule has 0 aliphatic carbocycles. The molecule has 7 heteroatoms. The van der Waals surface area contributed by atoms with Gasteiger partial charge in [0.25, 0.3) is 12.7 Å². The molecular weight excluding hydrogens is 282 g/mol. The number of aliphatic carboxylic acids is 1. The molecule has 0 saturated heterocycles. The monoisotopic (exact) mass is 301 g/mol. The zero-order valence-corrected chi connectivity index (χ0v) is 12.5. The molecule has 0 aliphatic heterocycles. The minimum atomic E-state index is -4.21. The van der Waals surface area contributed by atoms with Crippen molar-refractivity contribution in [1.82, 2.24) is 0 Å². The molecule has 1 rings (SSSR count). The maximum Gasteiger partial charge on any atom is 0.416 e. The number of benzene rings is 1. The van der Waals surface area contributed by atoms with Crippen molar-refractivity contribution in [3.05, 3.63) is 35.4 Å². The van der Waals surface area contributed by atoms with E-state index in [-0.39, 0.29) is 13.0 Å². The van der Waals surface area contributed by atoms with Crippen LogP contribution in [0, 0.1) is 18.2 Å². The van der Waals surface area contributed by atoms with Gasteiger partial charge in [0.05, 0.1) is 5.56 Å². The largest absolute Gasteiger partial charge is 0.482 e. The zero-order valence-electron chi connectivity index (χ0n) is 12.5. The summed E-state index contributed by atoms with van der Waals surface area (Å²) in [6.07, 6.45) is -4.27. The van der Waals surface area contributed by atoms with Gasteiger partial charge in [-0.3, -0.25) is 4.79 Å². The number of nitriles is 1. The number of carbonyl (C=O) groups is 1. The summed E-state index contributed by atoms with van der Waals surface area (Å²) in [6, 6.07) is 5.05. The van der Waals surface area contributed by atoms with Gasteiger partial charge < -0.3 is 5.11 Å². The summed E-state index contributed by atoms with van der Waals surface area (Å²) in [5.74, 6) is 0.898. The Morgan fingerprint density at radius 1 is 1.29 bits per heavy atom. The predicted molar refractivity (Wildman–Crippen MR) is 77.2 cm³/mol. The second kappa shape index (κ2) is 10.8. The molecule has 0 heterocycles. The molecule has 0 atom stereocenters. The third-order valence-electron chi connectivity index (χ3n) is 2.08. The molecule has 1 aromatic rings. The minimum absolute atomic E-state index is 0.0590. The van der Waals surface area contributed by atoms with Gasteiger partial charge in [-0.2, -0.15) is 13.2 Å². The standard InChI is InChI=1S/C8H7F3.C4H6BNO2.C2H6/c1-6-2-4-7(5-3-6)8(9,10)11;1-5(3-6)2-4(7)8;1-2/h2-5H,1H3;2H2,1H3,(H,7,8);1-2H3. The Bertz CT molecular complexity index is 453. The second-order valence-electron chi connectivity index (χ2n) is 3.99. The van der Waals surface area contributed by atoms with Gasteiger partial charge in [-0.25, -0.2) is 5.26 Å². The second-order valence-corrected chi connectivity index (χ2v) is 3.99. The zero-order chi connectivity index (χ0) is 17.1. The van der Waals surface area contributed by atoms with Gasteiger partial charge in [-0.15, -0.1) is 0 Å². The van der Waals surface area contributed by atoms with Gasteiger partial charge in [-0.05, 0) is 19.1 Å². The van der Waals surface area contributed by atoms with E-state index in [4.69, 9.17) is 10.4 Å². The van der Waals surface area contributed by atoms with Crippen molar-refractivity contribution in [2.45, 2.75) is 40.1 Å². The normalized spacial score (nSPS) is 9.24. The summed E-state index contributed by atoms with van der Waals surface area (Å²) in [5, 5.41) is 16.1. The fraction of sp³-hybridized carbons (Fsp3) is 0.429. The van der Waals surface area contributed by atoms with Gasteiger partial charge in [0, 0.05) is 12.3 Å². The van der Waals surface area contributed by atoms with Crippen molar-refractivity contribution in [1.29, 1.82) is 5.26 Å². The quantitative estimate of drug-likeness (QED) is 0.828. The molecule has 0 radical (unpaired) electrons. The predicted octanol–water partition coefficient (Wildman–Crippen LogP) is 4.30. The smallest absolute Gasteiger partial charge is 0.416 e. The molecule has 0 spiro atoms. The first-order valence-corrected chi connectivity index (χ1v) is 6.42. The van der Waals surface area contributed by atoms with E-state index < -0.39 is 17.7 Å². The highest BCUT2D eigenvalue weighted by Crippen LogP contribution is 2.28. The number of rotatable bonds is 2. The van der Waals surface area contributed by atoms with Crippen LogP contribution in [-0.4, -0.2) is 17.8 Å². The molecule has 1 N–H and O–H groups in total. The Hall–Kier alpha value is -1.97. The SMILES string of the molecule is CB(C#N)CC(=O)O.CC.Cc1ccc(C(F)(F)F)cc1. The summed E-state index contributed by atoms with van der Waals surface area (Å²) in [5.41, 5.74) is 0.237. The fourth-order valence-corrected chi connectivity index (χ4v) is 1.05. The molecule has 0 aliphatic rings. The highest BCUT2D eigenvalue weighted by atomic mass is 19.4. The van der Waals surface area contributed by atoms with Crippen LogP contribution in [0.4, 0.5) is 13.2 Å². The van der Waals surface area contributed by atoms with E-state index in [1.165, 1.54) is 12.1 Å². The van der Waals surface area contributed by atoms with Crippen molar-refractivity contribution in [2.24, 2.45) is 0 Å². The first-order chi connectivity index (χ1) is 9.66. The van der Waals surface area contributed by atoms with Crippen LogP contribution in [0.3, 0.4) is 0 Å². The van der Waals surface area contributed by atoms with E-state index in [2.05, 4.69) is 0 Å². The first kappa shape index (κ1) is 21.3. The summed E-state index contributed by atoms with van der Waals surface area (Å²) in [6.45, 7) is 6.96. The number of nitrogens with zero attached hydrogens (tertiary/aromatic N) is 1. The lowest BCUT2D eigenvalue weighted by atomic mass is 9.51. The molecule has 1 aromatic carbocycles. The number of aryl methyl sites for hydroxylation is 1. The van der Waals surface area contributed by atoms with Gasteiger partial charge >= 0.3 is 6.18 Å². The number of alkyl halides is 3. The van der Waals surface area contributed by atoms with Crippen LogP contribution >= 0.6 is 0 Å². The molecule has 0 fully saturated rings. The molecule has 3 nitrogen and oxygen atoms in total. The molecule has 116 valence electrons. The van der Waals surface area contributed by atoms with Crippen molar-refractivity contribution in [2.75, 3.05) is 0 Å². The van der Waals surface area contributed by atoms with Gasteiger partial charge in [0.15, 0.2) is 0 Å². The maximum atomic E-state index is 11.9. The van der Waals surface area contributed by atoms with E-state index in [1.54, 1.807) is 13.7 Å². The Morgan fingerprint density at radius 2 is 1.71 bits per heavy atom. The van der Waals surface area contributed by atoms with Crippen LogP contribution in [0.25, 0.3) is 0 Å². The number of carboxylic acids is 1. The van der Waals surface area contributed by atoms with Crippen molar-refractivity contribution >= 4 is 12.7 Å². The van der Waals surface area contributed by atoms with E-state index in [1.807, 2.05) is 19.8 Å². The Kier molecular flexibility index (Phi) is 11.0. The molecule has 0 bridgehead atoms. The van der Waals surface area contributed by atoms with Crippen LogP contribution in [0.5, 0.6) is 0 Å². The van der Waals surface area contributed by atoms with E-state index >= 15 is 0 Å². The van der Waals surface area contributed by atoms with Gasteiger partial charge in [0.1, 0.15) is 0 Å². The molecule has 0 saturated carbocycles. The van der Waals surface area contributed by atoms with Gasteiger partial charge in [-0.1, -0.05) is 38.4 Å². The van der Waals surface area contributed by atoms with Crippen LogP contribution in [0.15, 0.2) is 24.3 Å². The number of halogens is 3. The van der Waals surface area contributed by atoms with Crippen LogP contribution in [-0.2, 0) is 11.0 Å². The maximum absolute atomic E-state index is 11.9. The Morgan fingerprint density at radius 3 is 1.95 bits per heavy atom. The molecule has 21 heavy (non-hydrogen) atoms. The van der Waals surface area contributed by atoms with E-state index in [9.17, 15) is 18.0 Å². The van der Waals surface area contributed by atoms with Crippen molar-refractivity contribution in [3.63, 3.8) is 0 Å². The lowest BCUT2D eigenvalue weighted by Crippen LogP contribution is -2.09. The summed E-state index contributed by atoms with van der Waals surface area (Å²) >= 11 is 0. The number of carboxylic acid groups (broad SMARTS) is 1. The minimum Gasteiger partial charge on any atom is -0.482 e. The lowest BCUT2D eigenvalue weighted by Gasteiger charge is -2.05. The average Bonchev–Trinajstić information content (AvgIpc) is 2.40. The van der Waals surface area contributed by atoms with E-state index in [0.717, 1.165) is 17.7 Å². The topological polar surface area (TPSA) is 61.1 Å². The Balaban J connectivity index is 0. The lowest BCUT2D eigenvalue weighted by molar-refractivity contribution is -0.137. The molecular formula is C14H19BF3NO2. The fourth-order valence-electron chi connectivity index (χ4n) is 1.05. The van der Waals surface area contributed by atoms with Crippen LogP contribution in [0.2, 0.25) is 13.1 Å². The summed E-state index contributed by atoms with van der Waals surface area (Å²) < 4.78 is 35.8. The highest BCUT2D eigenvalue weighted by molar-refractivity contribution is 6.68. The van der Waals surface area contributed by atoms with Gasteiger partial charge in [0.2, 0.25) is 0 Å². The molecule has 0 unspecified atom stereocenters. The Labute approximate surface area is 123 Å². The summed E-state index contributed by atoms with van der Waals surface area (Å²) in [4.78, 5) is 9.82. The number of hydrogen-bond donors (Lipinski definition) is 1. The van der Waals surface area contributed by atoms with Crippen molar-refractivity contribution < 1.29 is 23.1 Å². The third-order valence-corrected chi connectivity index (χ3v) is 2.08. The third kappa shape index (κ3) is 11.6. The highest BCUT2D eigenvalue weighted by Gasteiger charge is 2.29. The van der Waals surface area contributed by atoms with Crippen LogP contribution in [0.1, 0.15) is 25.0 Å². The van der Waals surface area contributed by atoms with E-state index in [0.29, 0.717) is 0 Å². The molecule has 0 aromatic heterocycles.